The number of pyridine rings is 1. The molecule has 6 heteroatoms. The van der Waals surface area contributed by atoms with Crippen LogP contribution >= 0.6 is 0 Å². The van der Waals surface area contributed by atoms with E-state index in [0.29, 0.717) is 17.2 Å². The summed E-state index contributed by atoms with van der Waals surface area (Å²) in [5, 5.41) is 21.6. The Kier molecular flexibility index (Phi) is 4.19. The molecule has 0 aliphatic heterocycles. The summed E-state index contributed by atoms with van der Waals surface area (Å²) >= 11 is 0. The highest BCUT2D eigenvalue weighted by atomic mass is 16.5. The number of rotatable bonds is 4. The summed E-state index contributed by atoms with van der Waals surface area (Å²) in [6.45, 7) is 1.94. The molecule has 0 atom stereocenters. The largest absolute Gasteiger partial charge is 0.497 e. The molecule has 0 fully saturated rings. The lowest BCUT2D eigenvalue weighted by Crippen LogP contribution is -1.97. The highest BCUT2D eigenvalue weighted by Crippen LogP contribution is 2.32. The van der Waals surface area contributed by atoms with E-state index in [2.05, 4.69) is 21.6 Å². The molecule has 0 saturated heterocycles. The first-order chi connectivity index (χ1) is 13.2. The second kappa shape index (κ2) is 6.81. The van der Waals surface area contributed by atoms with Gasteiger partial charge < -0.3 is 10.1 Å². The van der Waals surface area contributed by atoms with Crippen molar-refractivity contribution in [1.82, 2.24) is 15.2 Å². The van der Waals surface area contributed by atoms with Gasteiger partial charge in [-0.15, -0.1) is 0 Å². The number of H-pyrrole nitrogens is 1. The van der Waals surface area contributed by atoms with Gasteiger partial charge in [-0.1, -0.05) is 18.2 Å². The fourth-order valence-electron chi connectivity index (χ4n) is 2.99. The van der Waals surface area contributed by atoms with Gasteiger partial charge in [0.05, 0.1) is 24.4 Å². The topological polar surface area (TPSA) is 86.6 Å². The number of aromatic nitrogens is 3. The summed E-state index contributed by atoms with van der Waals surface area (Å²) in [7, 11) is 1.64. The Hall–Kier alpha value is -3.85. The lowest BCUT2D eigenvalue weighted by atomic mass is 10.0. The zero-order valence-corrected chi connectivity index (χ0v) is 14.9. The highest BCUT2D eigenvalue weighted by molar-refractivity contribution is 5.97. The van der Waals surface area contributed by atoms with Crippen molar-refractivity contribution in [2.24, 2.45) is 0 Å². The van der Waals surface area contributed by atoms with Gasteiger partial charge in [0.2, 0.25) is 0 Å². The van der Waals surface area contributed by atoms with Gasteiger partial charge in [0.15, 0.2) is 5.82 Å². The van der Waals surface area contributed by atoms with Gasteiger partial charge >= 0.3 is 0 Å². The molecule has 2 aromatic heterocycles. The maximum Gasteiger partial charge on any atom is 0.153 e. The van der Waals surface area contributed by atoms with Crippen LogP contribution in [0.25, 0.3) is 22.0 Å². The van der Waals surface area contributed by atoms with Crippen LogP contribution in [-0.2, 0) is 0 Å². The molecule has 6 nitrogen and oxygen atoms in total. The number of hydrogen-bond donors (Lipinski definition) is 2. The molecule has 2 aromatic carbocycles. The van der Waals surface area contributed by atoms with Crippen LogP contribution in [0.2, 0.25) is 0 Å². The Morgan fingerprint density at radius 2 is 1.96 bits per heavy atom. The average Bonchev–Trinajstić information content (AvgIpc) is 3.11. The monoisotopic (exact) mass is 355 g/mol. The van der Waals surface area contributed by atoms with E-state index in [1.54, 1.807) is 13.2 Å². The molecule has 2 heterocycles. The zero-order valence-electron chi connectivity index (χ0n) is 14.9. The first-order valence-corrected chi connectivity index (χ1v) is 8.44. The van der Waals surface area contributed by atoms with Crippen molar-refractivity contribution < 1.29 is 4.74 Å². The van der Waals surface area contributed by atoms with Crippen molar-refractivity contribution in [3.8, 4) is 23.1 Å². The standard InChI is InChI=1S/C21H17N5O/c1-13-8-20(26-25-13)23-19-10-15-6-7-17(27-2)11-18(15)21(24-19)16-5-3-4-14(9-16)12-22/h3-11H,1-2H3,(H2,23,24,25,26). The maximum atomic E-state index is 9.24. The number of methoxy groups -OCH3 is 1. The predicted molar refractivity (Wildman–Crippen MR) is 105 cm³/mol. The number of ether oxygens (including phenoxy) is 1. The number of fused-ring (bicyclic) bond motifs is 1. The molecule has 27 heavy (non-hydrogen) atoms. The van der Waals surface area contributed by atoms with Gasteiger partial charge in [-0.2, -0.15) is 10.4 Å². The van der Waals surface area contributed by atoms with Crippen molar-refractivity contribution in [1.29, 1.82) is 5.26 Å². The van der Waals surface area contributed by atoms with Crippen LogP contribution in [0.15, 0.2) is 54.6 Å². The minimum Gasteiger partial charge on any atom is -0.497 e. The van der Waals surface area contributed by atoms with Crippen molar-refractivity contribution in [3.05, 3.63) is 65.9 Å². The minimum absolute atomic E-state index is 0.589. The van der Waals surface area contributed by atoms with Gasteiger partial charge in [0.1, 0.15) is 11.6 Å². The number of benzene rings is 2. The fourth-order valence-corrected chi connectivity index (χ4v) is 2.99. The fraction of sp³-hybridized carbons (Fsp3) is 0.0952. The Labute approximate surface area is 156 Å². The first-order valence-electron chi connectivity index (χ1n) is 8.44. The third-order valence-electron chi connectivity index (χ3n) is 4.27. The van der Waals surface area contributed by atoms with E-state index < -0.39 is 0 Å². The van der Waals surface area contributed by atoms with E-state index in [1.807, 2.05) is 55.5 Å². The van der Waals surface area contributed by atoms with Gasteiger partial charge in [0, 0.05) is 22.7 Å². The van der Waals surface area contributed by atoms with E-state index in [9.17, 15) is 5.26 Å². The van der Waals surface area contributed by atoms with Crippen molar-refractivity contribution >= 4 is 22.4 Å². The van der Waals surface area contributed by atoms with Crippen LogP contribution in [0.5, 0.6) is 5.75 Å². The molecular weight excluding hydrogens is 338 g/mol. The van der Waals surface area contributed by atoms with Crippen molar-refractivity contribution in [2.45, 2.75) is 6.92 Å². The minimum atomic E-state index is 0.589. The van der Waals surface area contributed by atoms with E-state index in [1.165, 1.54) is 0 Å². The highest BCUT2D eigenvalue weighted by Gasteiger charge is 2.11. The second-order valence-electron chi connectivity index (χ2n) is 6.20. The smallest absolute Gasteiger partial charge is 0.153 e. The molecule has 0 amide bonds. The molecule has 0 spiro atoms. The number of aromatic amines is 1. The third-order valence-corrected chi connectivity index (χ3v) is 4.27. The average molecular weight is 355 g/mol. The number of aryl methyl sites for hydroxylation is 1. The summed E-state index contributed by atoms with van der Waals surface area (Å²) in [4.78, 5) is 4.80. The Morgan fingerprint density at radius 3 is 2.70 bits per heavy atom. The molecule has 0 radical (unpaired) electrons. The number of nitriles is 1. The number of nitrogens with one attached hydrogen (secondary N) is 2. The Balaban J connectivity index is 1.90. The quantitative estimate of drug-likeness (QED) is 0.560. The number of nitrogens with zero attached hydrogens (tertiary/aromatic N) is 3. The van der Waals surface area contributed by atoms with Gasteiger partial charge in [-0.05, 0) is 42.6 Å². The van der Waals surface area contributed by atoms with Crippen molar-refractivity contribution in [3.63, 3.8) is 0 Å². The van der Waals surface area contributed by atoms with Crippen LogP contribution in [-0.4, -0.2) is 22.3 Å². The van der Waals surface area contributed by atoms with Crippen LogP contribution in [0.3, 0.4) is 0 Å². The van der Waals surface area contributed by atoms with E-state index in [4.69, 9.17) is 9.72 Å². The summed E-state index contributed by atoms with van der Waals surface area (Å²) in [6.07, 6.45) is 0. The summed E-state index contributed by atoms with van der Waals surface area (Å²) < 4.78 is 5.38. The number of anilines is 2. The SMILES string of the molecule is COc1ccc2cc(Nc3cc(C)[nH]n3)nc(-c3cccc(C#N)c3)c2c1. The third kappa shape index (κ3) is 3.31. The Morgan fingerprint density at radius 1 is 1.07 bits per heavy atom. The molecule has 4 rings (SSSR count). The molecule has 4 aromatic rings. The molecule has 2 N–H and O–H groups in total. The molecular formula is C21H17N5O. The van der Waals surface area contributed by atoms with Crippen LogP contribution in [0.4, 0.5) is 11.6 Å². The number of hydrogen-bond acceptors (Lipinski definition) is 5. The lowest BCUT2D eigenvalue weighted by Gasteiger charge is -2.12. The van der Waals surface area contributed by atoms with Crippen LogP contribution in [0, 0.1) is 18.3 Å². The molecule has 0 saturated carbocycles. The summed E-state index contributed by atoms with van der Waals surface area (Å²) in [6, 6.07) is 19.4. The van der Waals surface area contributed by atoms with E-state index >= 15 is 0 Å². The van der Waals surface area contributed by atoms with Crippen LogP contribution in [0.1, 0.15) is 11.3 Å². The first kappa shape index (κ1) is 16.6. The van der Waals surface area contributed by atoms with E-state index in [0.717, 1.165) is 33.5 Å². The molecule has 0 bridgehead atoms. The summed E-state index contributed by atoms with van der Waals surface area (Å²) in [5.41, 5.74) is 3.20. The molecule has 132 valence electrons. The predicted octanol–water partition coefficient (Wildman–Crippen LogP) is 4.56. The van der Waals surface area contributed by atoms with Gasteiger partial charge in [-0.25, -0.2) is 4.98 Å². The zero-order chi connectivity index (χ0) is 18.8. The second-order valence-corrected chi connectivity index (χ2v) is 6.20. The Bertz CT molecular complexity index is 1170. The molecule has 0 aliphatic rings. The van der Waals surface area contributed by atoms with Crippen LogP contribution < -0.4 is 10.1 Å². The lowest BCUT2D eigenvalue weighted by molar-refractivity contribution is 0.415. The molecule has 0 unspecified atom stereocenters. The van der Waals surface area contributed by atoms with Crippen molar-refractivity contribution in [2.75, 3.05) is 12.4 Å². The van der Waals surface area contributed by atoms with Gasteiger partial charge in [-0.3, -0.25) is 5.10 Å². The normalized spacial score (nSPS) is 10.6. The maximum absolute atomic E-state index is 9.24. The summed E-state index contributed by atoms with van der Waals surface area (Å²) in [5.74, 6) is 2.13. The van der Waals surface area contributed by atoms with E-state index in [-0.39, 0.29) is 0 Å². The van der Waals surface area contributed by atoms with Gasteiger partial charge in [0.25, 0.3) is 0 Å². The molecule has 0 aliphatic carbocycles.